The van der Waals surface area contributed by atoms with E-state index < -0.39 is 0 Å². The second kappa shape index (κ2) is 9.34. The highest BCUT2D eigenvalue weighted by atomic mass is 79.9. The Labute approximate surface area is 154 Å². The predicted molar refractivity (Wildman–Crippen MR) is 101 cm³/mol. The molecule has 0 bridgehead atoms. The average Bonchev–Trinajstić information content (AvgIpc) is 2.59. The van der Waals surface area contributed by atoms with Gasteiger partial charge in [-0.1, -0.05) is 28.9 Å². The number of amides is 1. The molecule has 2 aromatic rings. The lowest BCUT2D eigenvalue weighted by atomic mass is 10.2. The minimum absolute atomic E-state index is 0.255. The fourth-order valence-electron chi connectivity index (χ4n) is 1.92. The Morgan fingerprint density at radius 3 is 2.92 bits per heavy atom. The van der Waals surface area contributed by atoms with Crippen LogP contribution in [0.4, 0.5) is 0 Å². The van der Waals surface area contributed by atoms with Gasteiger partial charge in [-0.2, -0.15) is 0 Å². The highest BCUT2D eigenvalue weighted by molar-refractivity contribution is 9.10. The summed E-state index contributed by atoms with van der Waals surface area (Å²) in [5.41, 5.74) is 1.41. The van der Waals surface area contributed by atoms with Gasteiger partial charge in [-0.15, -0.1) is 0 Å². The van der Waals surface area contributed by atoms with Crippen LogP contribution in [-0.2, 0) is 6.54 Å². The molecular weight excluding hydrogens is 390 g/mol. The van der Waals surface area contributed by atoms with Gasteiger partial charge >= 0.3 is 0 Å². The van der Waals surface area contributed by atoms with Gasteiger partial charge < -0.3 is 10.1 Å². The summed E-state index contributed by atoms with van der Waals surface area (Å²) in [7, 11) is 0. The summed E-state index contributed by atoms with van der Waals surface area (Å²) in [6.07, 6.45) is 4.30. The lowest BCUT2D eigenvalue weighted by Gasteiger charge is -2.13. The van der Waals surface area contributed by atoms with Crippen molar-refractivity contribution in [3.63, 3.8) is 0 Å². The molecule has 0 radical (unpaired) electrons. The molecule has 126 valence electrons. The number of halogens is 1. The zero-order valence-electron chi connectivity index (χ0n) is 13.2. The highest BCUT2D eigenvalue weighted by Crippen LogP contribution is 2.23. The first kappa shape index (κ1) is 18.4. The topological polar surface area (TPSA) is 63.2 Å². The number of thiocarbonyl (C=S) groups is 1. The Balaban J connectivity index is 1.98. The van der Waals surface area contributed by atoms with E-state index in [9.17, 15) is 4.79 Å². The second-order valence-electron chi connectivity index (χ2n) is 4.99. The van der Waals surface area contributed by atoms with Gasteiger partial charge in [0.05, 0.1) is 12.2 Å². The van der Waals surface area contributed by atoms with Gasteiger partial charge in [0, 0.05) is 23.4 Å². The SMILES string of the molecule is CCCOc1ccc(Br)cc1C(=O)NC(=S)NCc1cccnc1. The highest BCUT2D eigenvalue weighted by Gasteiger charge is 2.14. The Hall–Kier alpha value is -1.99. The van der Waals surface area contributed by atoms with E-state index >= 15 is 0 Å². The van der Waals surface area contributed by atoms with E-state index in [0.29, 0.717) is 24.5 Å². The van der Waals surface area contributed by atoms with Crippen molar-refractivity contribution in [3.05, 3.63) is 58.3 Å². The van der Waals surface area contributed by atoms with Crippen molar-refractivity contribution in [2.45, 2.75) is 19.9 Å². The first-order valence-electron chi connectivity index (χ1n) is 7.50. The van der Waals surface area contributed by atoms with Crippen LogP contribution in [0.5, 0.6) is 5.75 Å². The molecular formula is C17H18BrN3O2S. The molecule has 0 aliphatic heterocycles. The van der Waals surface area contributed by atoms with Crippen LogP contribution in [0.1, 0.15) is 29.3 Å². The molecule has 0 saturated heterocycles. The summed E-state index contributed by atoms with van der Waals surface area (Å²) in [5.74, 6) is 0.221. The Morgan fingerprint density at radius 2 is 2.21 bits per heavy atom. The van der Waals surface area contributed by atoms with Crippen LogP contribution in [0.2, 0.25) is 0 Å². The van der Waals surface area contributed by atoms with Crippen LogP contribution >= 0.6 is 28.1 Å². The van der Waals surface area contributed by atoms with E-state index in [1.54, 1.807) is 24.5 Å². The molecule has 24 heavy (non-hydrogen) atoms. The van der Waals surface area contributed by atoms with Crippen LogP contribution in [0.15, 0.2) is 47.2 Å². The van der Waals surface area contributed by atoms with Crippen molar-refractivity contribution < 1.29 is 9.53 Å². The Kier molecular flexibility index (Phi) is 7.14. The molecule has 0 fully saturated rings. The maximum Gasteiger partial charge on any atom is 0.261 e. The van der Waals surface area contributed by atoms with E-state index in [1.807, 2.05) is 25.1 Å². The quantitative estimate of drug-likeness (QED) is 0.718. The molecule has 2 rings (SSSR count). The number of pyridine rings is 1. The van der Waals surface area contributed by atoms with Crippen LogP contribution in [-0.4, -0.2) is 22.6 Å². The summed E-state index contributed by atoms with van der Waals surface area (Å²) >= 11 is 8.55. The lowest BCUT2D eigenvalue weighted by molar-refractivity contribution is 0.0972. The zero-order valence-corrected chi connectivity index (χ0v) is 15.6. The number of carbonyl (C=O) groups excluding carboxylic acids is 1. The molecule has 0 aliphatic rings. The van der Waals surface area contributed by atoms with Gasteiger partial charge in [0.25, 0.3) is 5.91 Å². The number of rotatable bonds is 6. The molecule has 1 heterocycles. The van der Waals surface area contributed by atoms with Crippen molar-refractivity contribution in [3.8, 4) is 5.75 Å². The number of ether oxygens (including phenoxy) is 1. The van der Waals surface area contributed by atoms with Gasteiger partial charge in [-0.05, 0) is 48.5 Å². The van der Waals surface area contributed by atoms with Crippen molar-refractivity contribution in [2.24, 2.45) is 0 Å². The summed E-state index contributed by atoms with van der Waals surface area (Å²) in [4.78, 5) is 16.5. The first-order valence-corrected chi connectivity index (χ1v) is 8.70. The second-order valence-corrected chi connectivity index (χ2v) is 6.31. The molecule has 1 aromatic heterocycles. The average molecular weight is 408 g/mol. The van der Waals surface area contributed by atoms with E-state index in [0.717, 1.165) is 16.5 Å². The first-order chi connectivity index (χ1) is 11.6. The molecule has 5 nitrogen and oxygen atoms in total. The number of hydrogen-bond donors (Lipinski definition) is 2. The van der Waals surface area contributed by atoms with Crippen molar-refractivity contribution in [2.75, 3.05) is 6.61 Å². The fourth-order valence-corrected chi connectivity index (χ4v) is 2.44. The van der Waals surface area contributed by atoms with Crippen LogP contribution < -0.4 is 15.4 Å². The Morgan fingerprint density at radius 1 is 1.38 bits per heavy atom. The van der Waals surface area contributed by atoms with Gasteiger partial charge in [-0.3, -0.25) is 15.1 Å². The number of hydrogen-bond acceptors (Lipinski definition) is 4. The molecule has 7 heteroatoms. The largest absolute Gasteiger partial charge is 0.493 e. The van der Waals surface area contributed by atoms with E-state index in [4.69, 9.17) is 17.0 Å². The van der Waals surface area contributed by atoms with E-state index in [1.165, 1.54) is 0 Å². The standard InChI is InChI=1S/C17H18BrN3O2S/c1-2-8-23-15-6-5-13(18)9-14(15)16(22)21-17(24)20-11-12-4-3-7-19-10-12/h3-7,9-10H,2,8,11H2,1H3,(H2,20,21,22,24). The third kappa shape index (κ3) is 5.58. The number of aromatic nitrogens is 1. The third-order valence-corrected chi connectivity index (χ3v) is 3.79. The van der Waals surface area contributed by atoms with Gasteiger partial charge in [0.1, 0.15) is 5.75 Å². The van der Waals surface area contributed by atoms with Gasteiger partial charge in [-0.25, -0.2) is 0 Å². The van der Waals surface area contributed by atoms with Crippen LogP contribution in [0.3, 0.4) is 0 Å². The number of benzene rings is 1. The number of carbonyl (C=O) groups is 1. The van der Waals surface area contributed by atoms with Gasteiger partial charge in [0.15, 0.2) is 5.11 Å². The minimum atomic E-state index is -0.314. The molecule has 0 atom stereocenters. The van der Waals surface area contributed by atoms with E-state index in [-0.39, 0.29) is 11.0 Å². The van der Waals surface area contributed by atoms with Crippen molar-refractivity contribution >= 4 is 39.2 Å². The normalized spacial score (nSPS) is 10.1. The maximum atomic E-state index is 12.5. The molecule has 1 amide bonds. The molecule has 0 aliphatic carbocycles. The fraction of sp³-hybridized carbons (Fsp3) is 0.235. The van der Waals surface area contributed by atoms with Gasteiger partial charge in [0.2, 0.25) is 0 Å². The van der Waals surface area contributed by atoms with Crippen LogP contribution in [0.25, 0.3) is 0 Å². The molecule has 2 N–H and O–H groups in total. The van der Waals surface area contributed by atoms with Crippen molar-refractivity contribution in [1.82, 2.24) is 15.6 Å². The number of nitrogens with zero attached hydrogens (tertiary/aromatic N) is 1. The monoisotopic (exact) mass is 407 g/mol. The Bertz CT molecular complexity index is 710. The predicted octanol–water partition coefficient (Wildman–Crippen LogP) is 3.44. The zero-order chi connectivity index (χ0) is 17.4. The summed E-state index contributed by atoms with van der Waals surface area (Å²) in [6, 6.07) is 9.08. The summed E-state index contributed by atoms with van der Waals surface area (Å²) in [6.45, 7) is 3.05. The molecule has 1 aromatic carbocycles. The summed E-state index contributed by atoms with van der Waals surface area (Å²) < 4.78 is 6.42. The van der Waals surface area contributed by atoms with Crippen LogP contribution in [0, 0.1) is 0 Å². The maximum absolute atomic E-state index is 12.5. The molecule has 0 saturated carbocycles. The lowest BCUT2D eigenvalue weighted by Crippen LogP contribution is -2.39. The van der Waals surface area contributed by atoms with Crippen molar-refractivity contribution in [1.29, 1.82) is 0 Å². The van der Waals surface area contributed by atoms with E-state index in [2.05, 4.69) is 31.5 Å². The molecule has 0 spiro atoms. The third-order valence-electron chi connectivity index (χ3n) is 3.05. The number of nitrogens with one attached hydrogen (secondary N) is 2. The smallest absolute Gasteiger partial charge is 0.261 e. The summed E-state index contributed by atoms with van der Waals surface area (Å²) in [5, 5.41) is 5.91. The molecule has 0 unspecified atom stereocenters. The minimum Gasteiger partial charge on any atom is -0.493 e.